The first-order valence-electron chi connectivity index (χ1n) is 12.1. The first-order chi connectivity index (χ1) is 12.7. The Morgan fingerprint density at radius 3 is 1.81 bits per heavy atom. The maximum Gasteiger partial charge on any atom is 0.192 e. The smallest absolute Gasteiger partial charge is 0.192 e. The summed E-state index contributed by atoms with van der Waals surface area (Å²) in [6, 6.07) is 0. The molecule has 0 aliphatic heterocycles. The van der Waals surface area contributed by atoms with Crippen LogP contribution in [0.2, 0.25) is 18.1 Å². The van der Waals surface area contributed by atoms with Gasteiger partial charge in [-0.05, 0) is 63.6 Å². The Morgan fingerprint density at radius 2 is 1.26 bits per heavy atom. The summed E-state index contributed by atoms with van der Waals surface area (Å²) in [5.74, 6) is 0. The van der Waals surface area contributed by atoms with Crippen molar-refractivity contribution in [3.63, 3.8) is 0 Å². The van der Waals surface area contributed by atoms with Crippen LogP contribution in [0, 0.1) is 0 Å². The Kier molecular flexibility index (Phi) is 12.2. The average Bonchev–Trinajstić information content (AvgIpc) is 2.57. The van der Waals surface area contributed by atoms with E-state index in [1.54, 1.807) is 5.57 Å². The normalized spacial score (nSPS) is 25.9. The van der Waals surface area contributed by atoms with Gasteiger partial charge in [0.15, 0.2) is 8.32 Å². The monoisotopic (exact) mass is 394 g/mol. The third-order valence-electron chi connectivity index (χ3n) is 6.84. The van der Waals surface area contributed by atoms with Crippen LogP contribution in [0.3, 0.4) is 0 Å². The highest BCUT2D eigenvalue weighted by Gasteiger charge is 2.38. The van der Waals surface area contributed by atoms with Gasteiger partial charge in [-0.3, -0.25) is 0 Å². The minimum absolute atomic E-state index is 0.318. The summed E-state index contributed by atoms with van der Waals surface area (Å²) in [5, 5.41) is 0.318. The van der Waals surface area contributed by atoms with Crippen LogP contribution >= 0.6 is 0 Å². The zero-order valence-electron chi connectivity index (χ0n) is 19.7. The van der Waals surface area contributed by atoms with Crippen LogP contribution in [0.4, 0.5) is 0 Å². The van der Waals surface area contributed by atoms with Crippen molar-refractivity contribution in [2.75, 3.05) is 0 Å². The molecular formula is C25H50OSi. The summed E-state index contributed by atoms with van der Waals surface area (Å²) in [6.07, 6.45) is 23.5. The topological polar surface area (TPSA) is 9.23 Å². The highest BCUT2D eigenvalue weighted by molar-refractivity contribution is 6.74. The largest absolute Gasteiger partial charge is 0.414 e. The second-order valence-electron chi connectivity index (χ2n) is 10.6. The predicted molar refractivity (Wildman–Crippen MR) is 125 cm³/mol. The van der Waals surface area contributed by atoms with Crippen molar-refractivity contribution >= 4 is 8.32 Å². The highest BCUT2D eigenvalue weighted by Crippen LogP contribution is 2.38. The summed E-state index contributed by atoms with van der Waals surface area (Å²) in [4.78, 5) is 0. The van der Waals surface area contributed by atoms with E-state index in [0.717, 1.165) is 0 Å². The zero-order chi connectivity index (χ0) is 20.2. The predicted octanol–water partition coefficient (Wildman–Crippen LogP) is 9.19. The van der Waals surface area contributed by atoms with E-state index >= 15 is 0 Å². The van der Waals surface area contributed by atoms with Gasteiger partial charge in [0.2, 0.25) is 0 Å². The molecule has 0 amide bonds. The fraction of sp³-hybridized carbons (Fsp3) is 0.920. The van der Waals surface area contributed by atoms with E-state index in [1.165, 1.54) is 96.3 Å². The van der Waals surface area contributed by atoms with Gasteiger partial charge in [-0.25, -0.2) is 0 Å². The van der Waals surface area contributed by atoms with Gasteiger partial charge in [-0.2, -0.15) is 0 Å². The molecule has 1 nitrogen and oxygen atoms in total. The number of hydrogen-bond donors (Lipinski definition) is 0. The fourth-order valence-corrected chi connectivity index (χ4v) is 5.26. The second kappa shape index (κ2) is 13.2. The Bertz CT molecular complexity index is 405. The van der Waals surface area contributed by atoms with Crippen molar-refractivity contribution < 1.29 is 4.43 Å². The lowest BCUT2D eigenvalue weighted by Gasteiger charge is -2.39. The number of rotatable bonds is 2. The molecule has 160 valence electrons. The first-order valence-corrected chi connectivity index (χ1v) is 15.0. The zero-order valence-corrected chi connectivity index (χ0v) is 20.7. The van der Waals surface area contributed by atoms with Crippen LogP contribution in [0.25, 0.3) is 0 Å². The molecule has 0 fully saturated rings. The van der Waals surface area contributed by atoms with Gasteiger partial charge < -0.3 is 4.43 Å². The summed E-state index contributed by atoms with van der Waals surface area (Å²) in [7, 11) is -1.65. The third-order valence-corrected chi connectivity index (χ3v) is 11.4. The minimum Gasteiger partial charge on any atom is -0.414 e. The lowest BCUT2D eigenvalue weighted by molar-refractivity contribution is 0.154. The second-order valence-corrected chi connectivity index (χ2v) is 15.3. The maximum atomic E-state index is 6.83. The summed E-state index contributed by atoms with van der Waals surface area (Å²) in [6.45, 7) is 14.3. The maximum absolute atomic E-state index is 6.83. The SMILES string of the molecule is C/C1=C/CCCCC(O[Si](C)(C)C(C)(C)C)CCCCCCCCCCC1. The van der Waals surface area contributed by atoms with Crippen molar-refractivity contribution in [2.24, 2.45) is 0 Å². The summed E-state index contributed by atoms with van der Waals surface area (Å²) < 4.78 is 6.83. The van der Waals surface area contributed by atoms with E-state index in [-0.39, 0.29) is 0 Å². The fourth-order valence-electron chi connectivity index (χ4n) is 3.84. The molecule has 1 rings (SSSR count). The van der Waals surface area contributed by atoms with Crippen molar-refractivity contribution in [1.29, 1.82) is 0 Å². The minimum atomic E-state index is -1.65. The van der Waals surface area contributed by atoms with Gasteiger partial charge in [0, 0.05) is 6.10 Å². The molecule has 0 bridgehead atoms. The summed E-state index contributed by atoms with van der Waals surface area (Å²) in [5.41, 5.74) is 1.62. The molecule has 1 aliphatic carbocycles. The van der Waals surface area contributed by atoms with Gasteiger partial charge >= 0.3 is 0 Å². The van der Waals surface area contributed by atoms with Gasteiger partial charge in [0.05, 0.1) is 0 Å². The molecule has 0 saturated carbocycles. The van der Waals surface area contributed by atoms with Crippen molar-refractivity contribution in [3.05, 3.63) is 11.6 Å². The number of allylic oxidation sites excluding steroid dienone is 2. The van der Waals surface area contributed by atoms with E-state index in [1.807, 2.05) is 0 Å². The molecule has 0 aromatic heterocycles. The van der Waals surface area contributed by atoms with Crippen LogP contribution in [-0.4, -0.2) is 14.4 Å². The molecule has 0 N–H and O–H groups in total. The highest BCUT2D eigenvalue weighted by atomic mass is 28.4. The van der Waals surface area contributed by atoms with Gasteiger partial charge in [0.25, 0.3) is 0 Å². The average molecular weight is 395 g/mol. The van der Waals surface area contributed by atoms with Crippen LogP contribution in [0.1, 0.15) is 124 Å². The van der Waals surface area contributed by atoms with Gasteiger partial charge in [0.1, 0.15) is 0 Å². The molecule has 1 atom stereocenters. The van der Waals surface area contributed by atoms with Crippen molar-refractivity contribution in [2.45, 2.75) is 148 Å². The standard InChI is InChI=1S/C25H50OSi/c1-23-19-15-12-10-8-7-9-11-13-17-21-24(22-18-14-16-20-23)26-27(5,6)25(2,3)4/h20,24H,7-19,21-22H2,1-6H3/b23-20-. The van der Waals surface area contributed by atoms with E-state index < -0.39 is 8.32 Å². The molecule has 0 saturated heterocycles. The van der Waals surface area contributed by atoms with Gasteiger partial charge in [-0.15, -0.1) is 0 Å². The quantitative estimate of drug-likeness (QED) is 0.335. The molecule has 0 heterocycles. The lowest BCUT2D eigenvalue weighted by atomic mass is 10.0. The summed E-state index contributed by atoms with van der Waals surface area (Å²) >= 11 is 0. The molecule has 0 aromatic carbocycles. The van der Waals surface area contributed by atoms with E-state index in [0.29, 0.717) is 11.1 Å². The molecule has 1 unspecified atom stereocenters. The lowest BCUT2D eigenvalue weighted by Crippen LogP contribution is -2.44. The van der Waals surface area contributed by atoms with E-state index in [9.17, 15) is 0 Å². The molecular weight excluding hydrogens is 344 g/mol. The van der Waals surface area contributed by atoms with Crippen LogP contribution < -0.4 is 0 Å². The Hall–Kier alpha value is -0.0831. The Balaban J connectivity index is 2.57. The van der Waals surface area contributed by atoms with Crippen LogP contribution in [0.5, 0.6) is 0 Å². The van der Waals surface area contributed by atoms with E-state index in [2.05, 4.69) is 46.9 Å². The number of hydrogen-bond acceptors (Lipinski definition) is 1. The third kappa shape index (κ3) is 11.5. The molecule has 0 radical (unpaired) electrons. The van der Waals surface area contributed by atoms with Gasteiger partial charge in [-0.1, -0.05) is 90.2 Å². The molecule has 0 aromatic rings. The van der Waals surface area contributed by atoms with Crippen LogP contribution in [0.15, 0.2) is 11.6 Å². The Labute approximate surface area is 172 Å². The molecule has 0 spiro atoms. The first kappa shape index (κ1) is 25.0. The van der Waals surface area contributed by atoms with E-state index in [4.69, 9.17) is 4.43 Å². The molecule has 1 aliphatic rings. The molecule has 27 heavy (non-hydrogen) atoms. The molecule has 2 heteroatoms. The van der Waals surface area contributed by atoms with Crippen LogP contribution in [-0.2, 0) is 4.43 Å². The van der Waals surface area contributed by atoms with Crippen molar-refractivity contribution in [1.82, 2.24) is 0 Å². The van der Waals surface area contributed by atoms with Crippen molar-refractivity contribution in [3.8, 4) is 0 Å². The Morgan fingerprint density at radius 1 is 0.778 bits per heavy atom.